The Balaban J connectivity index is 1.74. The molecular formula is C22H32N2O3. The van der Waals surface area contributed by atoms with Crippen LogP contribution in [0.5, 0.6) is 0 Å². The summed E-state index contributed by atoms with van der Waals surface area (Å²) in [7, 11) is 0. The lowest BCUT2D eigenvalue weighted by Gasteiger charge is -2.58. The van der Waals surface area contributed by atoms with Gasteiger partial charge in [-0.3, -0.25) is 0 Å². The molecule has 3 saturated carbocycles. The zero-order valence-electron chi connectivity index (χ0n) is 16.5. The fraction of sp³-hybridized carbons (Fsp3) is 0.727. The first kappa shape index (κ1) is 18.9. The van der Waals surface area contributed by atoms with Gasteiger partial charge in [0.1, 0.15) is 0 Å². The number of fused-ring (bicyclic) bond motifs is 5. The van der Waals surface area contributed by atoms with E-state index in [1.54, 1.807) is 0 Å². The van der Waals surface area contributed by atoms with Crippen LogP contribution >= 0.6 is 0 Å². The van der Waals surface area contributed by atoms with Crippen LogP contribution < -0.4 is 0 Å². The van der Waals surface area contributed by atoms with Gasteiger partial charge in [0.05, 0.1) is 24.1 Å². The molecular weight excluding hydrogens is 340 g/mol. The van der Waals surface area contributed by atoms with Crippen LogP contribution in [0.25, 0.3) is 0 Å². The number of aliphatic hydroxyl groups is 2. The highest BCUT2D eigenvalue weighted by molar-refractivity contribution is 6.03. The minimum atomic E-state index is -0.437. The van der Waals surface area contributed by atoms with E-state index in [0.29, 0.717) is 35.6 Å². The van der Waals surface area contributed by atoms with Crippen molar-refractivity contribution in [1.82, 2.24) is 0 Å². The Kier molecular flexibility index (Phi) is 4.39. The van der Waals surface area contributed by atoms with Gasteiger partial charge in [-0.1, -0.05) is 37.6 Å². The Morgan fingerprint density at radius 2 is 2.11 bits per heavy atom. The quantitative estimate of drug-likeness (QED) is 0.340. The molecule has 4 rings (SSSR count). The van der Waals surface area contributed by atoms with E-state index in [1.807, 2.05) is 12.2 Å². The number of oxime groups is 1. The minimum Gasteiger partial charge on any atom is -0.411 e. The van der Waals surface area contributed by atoms with Gasteiger partial charge in [-0.25, -0.2) is 0 Å². The lowest BCUT2D eigenvalue weighted by atomic mass is 9.46. The summed E-state index contributed by atoms with van der Waals surface area (Å²) < 4.78 is 0. The van der Waals surface area contributed by atoms with E-state index in [9.17, 15) is 15.4 Å². The molecule has 0 aromatic rings. The fourth-order valence-corrected chi connectivity index (χ4v) is 7.62. The SMILES string of the molecule is C[C@H]1CC2[C@@H]3CCC4=CC(=N)C=C[C@]4(C)C3[C@@H](O)C[C@]2(C)[C@H]1/C(CO)=N/O. The summed E-state index contributed by atoms with van der Waals surface area (Å²) in [6.07, 6.45) is 9.32. The van der Waals surface area contributed by atoms with Gasteiger partial charge >= 0.3 is 0 Å². The first-order chi connectivity index (χ1) is 12.8. The largest absolute Gasteiger partial charge is 0.411 e. The van der Waals surface area contributed by atoms with Crippen LogP contribution in [0.15, 0.2) is 29.0 Å². The highest BCUT2D eigenvalue weighted by Gasteiger charge is 2.63. The number of hydrogen-bond donors (Lipinski definition) is 4. The van der Waals surface area contributed by atoms with Crippen molar-refractivity contribution in [3.63, 3.8) is 0 Å². The van der Waals surface area contributed by atoms with E-state index in [1.165, 1.54) is 5.57 Å². The molecule has 4 N–H and O–H groups in total. The van der Waals surface area contributed by atoms with Gasteiger partial charge in [0, 0.05) is 17.3 Å². The second-order valence-corrected chi connectivity index (χ2v) is 9.79. The van der Waals surface area contributed by atoms with E-state index >= 15 is 0 Å². The van der Waals surface area contributed by atoms with Crippen molar-refractivity contribution in [3.8, 4) is 0 Å². The Morgan fingerprint density at radius 3 is 2.78 bits per heavy atom. The maximum absolute atomic E-state index is 11.3. The van der Waals surface area contributed by atoms with Crippen LogP contribution in [0, 0.1) is 45.8 Å². The molecule has 5 heteroatoms. The molecule has 5 nitrogen and oxygen atoms in total. The molecule has 0 aromatic carbocycles. The molecule has 8 atom stereocenters. The van der Waals surface area contributed by atoms with Crippen LogP contribution in [-0.2, 0) is 0 Å². The van der Waals surface area contributed by atoms with E-state index in [2.05, 4.69) is 32.0 Å². The van der Waals surface area contributed by atoms with Crippen molar-refractivity contribution in [2.45, 2.75) is 52.6 Å². The van der Waals surface area contributed by atoms with E-state index in [4.69, 9.17) is 5.41 Å². The first-order valence-corrected chi connectivity index (χ1v) is 10.2. The average Bonchev–Trinajstić information content (AvgIpc) is 2.87. The summed E-state index contributed by atoms with van der Waals surface area (Å²) in [6, 6.07) is 0. The summed E-state index contributed by atoms with van der Waals surface area (Å²) in [5.41, 5.74) is 1.96. The number of allylic oxidation sites excluding steroid dienone is 4. The van der Waals surface area contributed by atoms with Crippen molar-refractivity contribution in [2.24, 2.45) is 45.6 Å². The van der Waals surface area contributed by atoms with Gasteiger partial charge < -0.3 is 20.8 Å². The van der Waals surface area contributed by atoms with Crippen molar-refractivity contribution in [2.75, 3.05) is 6.61 Å². The zero-order valence-corrected chi connectivity index (χ0v) is 16.5. The molecule has 0 radical (unpaired) electrons. The highest BCUT2D eigenvalue weighted by Crippen LogP contribution is 2.67. The third kappa shape index (κ3) is 2.51. The maximum Gasteiger partial charge on any atom is 0.0863 e. The molecule has 0 saturated heterocycles. The summed E-state index contributed by atoms with van der Waals surface area (Å²) in [6.45, 7) is 6.42. The Bertz CT molecular complexity index is 742. The molecule has 27 heavy (non-hydrogen) atoms. The first-order valence-electron chi connectivity index (χ1n) is 10.2. The van der Waals surface area contributed by atoms with E-state index < -0.39 is 6.10 Å². The molecule has 0 heterocycles. The van der Waals surface area contributed by atoms with Crippen LogP contribution in [0.3, 0.4) is 0 Å². The van der Waals surface area contributed by atoms with Crippen molar-refractivity contribution in [3.05, 3.63) is 23.8 Å². The fourth-order valence-electron chi connectivity index (χ4n) is 7.62. The van der Waals surface area contributed by atoms with Crippen molar-refractivity contribution >= 4 is 11.4 Å². The number of nitrogens with zero attached hydrogens (tertiary/aromatic N) is 1. The zero-order chi connectivity index (χ0) is 19.6. The van der Waals surface area contributed by atoms with Crippen LogP contribution in [0.1, 0.15) is 46.5 Å². The normalized spacial score (nSPS) is 49.3. The molecule has 0 amide bonds. The van der Waals surface area contributed by atoms with Crippen molar-refractivity contribution < 1.29 is 15.4 Å². The van der Waals surface area contributed by atoms with Crippen LogP contribution in [0.4, 0.5) is 0 Å². The molecule has 0 spiro atoms. The Hall–Kier alpha value is -1.46. The summed E-state index contributed by atoms with van der Waals surface area (Å²) in [5, 5.41) is 42.0. The smallest absolute Gasteiger partial charge is 0.0863 e. The predicted octanol–water partition coefficient (Wildman–Crippen LogP) is 3.40. The number of nitrogens with one attached hydrogen (secondary N) is 1. The second kappa shape index (κ2) is 6.28. The lowest BCUT2D eigenvalue weighted by Crippen LogP contribution is -2.56. The average molecular weight is 373 g/mol. The molecule has 148 valence electrons. The highest BCUT2D eigenvalue weighted by atomic mass is 16.4. The van der Waals surface area contributed by atoms with Gasteiger partial charge in [-0.05, 0) is 61.0 Å². The molecule has 3 fully saturated rings. The van der Waals surface area contributed by atoms with Gasteiger partial charge in [-0.15, -0.1) is 0 Å². The standard InChI is InChI=1S/C22H32N2O3/c1-12-8-16-15-5-4-13-9-14(23)6-7-21(13,2)20(15)18(26)10-22(16,3)19(12)17(11-25)24-27/h6-7,9,12,15-16,18-20,23,25-27H,4-5,8,10-11H2,1-3H3/b23-14?,24-17+/t12-,15-,16?,18-,19+,20?,21-,22-/m0/s1. The van der Waals surface area contributed by atoms with Gasteiger partial charge in [0.2, 0.25) is 0 Å². The van der Waals surface area contributed by atoms with E-state index in [0.717, 1.165) is 19.3 Å². The minimum absolute atomic E-state index is 0.00733. The Labute approximate surface area is 161 Å². The second-order valence-electron chi connectivity index (χ2n) is 9.79. The molecule has 4 aliphatic carbocycles. The van der Waals surface area contributed by atoms with Gasteiger partial charge in [0.15, 0.2) is 0 Å². The third-order valence-corrected chi connectivity index (χ3v) is 8.51. The number of rotatable bonds is 2. The van der Waals surface area contributed by atoms with E-state index in [-0.39, 0.29) is 29.3 Å². The summed E-state index contributed by atoms with van der Waals surface area (Å²) in [4.78, 5) is 0. The van der Waals surface area contributed by atoms with Crippen molar-refractivity contribution in [1.29, 1.82) is 5.41 Å². The molecule has 2 unspecified atom stereocenters. The monoisotopic (exact) mass is 372 g/mol. The summed E-state index contributed by atoms with van der Waals surface area (Å²) >= 11 is 0. The van der Waals surface area contributed by atoms with Crippen LogP contribution in [0.2, 0.25) is 0 Å². The lowest BCUT2D eigenvalue weighted by molar-refractivity contribution is -0.109. The number of aliphatic hydroxyl groups excluding tert-OH is 2. The molecule has 0 aromatic heterocycles. The maximum atomic E-state index is 11.3. The van der Waals surface area contributed by atoms with Gasteiger partial charge in [-0.2, -0.15) is 0 Å². The molecule has 4 aliphatic rings. The predicted molar refractivity (Wildman–Crippen MR) is 105 cm³/mol. The van der Waals surface area contributed by atoms with Gasteiger partial charge in [0.25, 0.3) is 0 Å². The molecule has 0 bridgehead atoms. The third-order valence-electron chi connectivity index (χ3n) is 8.51. The topological polar surface area (TPSA) is 96.9 Å². The summed E-state index contributed by atoms with van der Waals surface area (Å²) in [5.74, 6) is 1.34. The van der Waals surface area contributed by atoms with Crippen LogP contribution in [-0.4, -0.2) is 39.6 Å². The molecule has 0 aliphatic heterocycles. The number of hydrogen-bond acceptors (Lipinski definition) is 5. The Morgan fingerprint density at radius 1 is 1.37 bits per heavy atom.